The Kier molecular flexibility index (Phi) is 5.48. The minimum absolute atomic E-state index is 0.170. The minimum atomic E-state index is -0.170. The molecule has 3 aromatic rings. The van der Waals surface area contributed by atoms with Crippen LogP contribution in [0.1, 0.15) is 21.7 Å². The van der Waals surface area contributed by atoms with E-state index in [4.69, 9.17) is 9.26 Å². The second-order valence-corrected chi connectivity index (χ2v) is 5.70. The van der Waals surface area contributed by atoms with Crippen molar-refractivity contribution in [2.45, 2.75) is 13.3 Å². The van der Waals surface area contributed by atoms with E-state index in [-0.39, 0.29) is 5.91 Å². The van der Waals surface area contributed by atoms with Crippen molar-refractivity contribution in [2.75, 3.05) is 19.0 Å². The third-order valence-corrected chi connectivity index (χ3v) is 3.78. The van der Waals surface area contributed by atoms with Crippen molar-refractivity contribution in [2.24, 2.45) is 0 Å². The predicted octanol–water partition coefficient (Wildman–Crippen LogP) is 3.10. The van der Waals surface area contributed by atoms with Gasteiger partial charge < -0.3 is 19.9 Å². The van der Waals surface area contributed by atoms with Crippen LogP contribution in [0.15, 0.2) is 53.2 Å². The number of anilines is 2. The summed E-state index contributed by atoms with van der Waals surface area (Å²) in [6.07, 6.45) is 2.21. The van der Waals surface area contributed by atoms with Crippen molar-refractivity contribution in [3.05, 3.63) is 65.5 Å². The lowest BCUT2D eigenvalue weighted by atomic mass is 10.1. The molecule has 2 N–H and O–H groups in total. The number of nitrogens with one attached hydrogen (secondary N) is 2. The van der Waals surface area contributed by atoms with Gasteiger partial charge in [-0.15, -0.1) is 0 Å². The van der Waals surface area contributed by atoms with Crippen molar-refractivity contribution in [1.29, 1.82) is 0 Å². The molecule has 2 aromatic heterocycles. The van der Waals surface area contributed by atoms with Gasteiger partial charge in [0, 0.05) is 18.8 Å². The molecule has 26 heavy (non-hydrogen) atoms. The highest BCUT2D eigenvalue weighted by atomic mass is 16.5. The summed E-state index contributed by atoms with van der Waals surface area (Å²) in [5.41, 5.74) is 1.54. The number of hydrogen-bond acceptors (Lipinski definition) is 6. The SMILES string of the molecule is COc1ccccc1CCNC(=O)c1ccc(Nc2cc(C)on2)nc1. The molecule has 1 amide bonds. The number of carbonyl (C=O) groups excluding carboxylic acids is 1. The number of aromatic nitrogens is 2. The van der Waals surface area contributed by atoms with Gasteiger partial charge >= 0.3 is 0 Å². The number of rotatable bonds is 7. The molecule has 0 atom stereocenters. The standard InChI is InChI=1S/C19H20N4O3/c1-13-11-18(23-26-13)22-17-8-7-15(12-21-17)19(24)20-10-9-14-5-3-4-6-16(14)25-2/h3-8,11-12H,9-10H2,1-2H3,(H,20,24)(H,21,22,23). The third kappa shape index (κ3) is 4.38. The Morgan fingerprint density at radius 2 is 2.04 bits per heavy atom. The molecule has 0 aliphatic heterocycles. The van der Waals surface area contributed by atoms with E-state index in [1.54, 1.807) is 25.3 Å². The lowest BCUT2D eigenvalue weighted by Crippen LogP contribution is -2.25. The quantitative estimate of drug-likeness (QED) is 0.679. The smallest absolute Gasteiger partial charge is 0.252 e. The van der Waals surface area contributed by atoms with Crippen LogP contribution in [0, 0.1) is 6.92 Å². The van der Waals surface area contributed by atoms with Gasteiger partial charge in [0.15, 0.2) is 5.82 Å². The molecular formula is C19H20N4O3. The molecule has 0 aliphatic rings. The van der Waals surface area contributed by atoms with E-state index < -0.39 is 0 Å². The number of para-hydroxylation sites is 1. The van der Waals surface area contributed by atoms with Crippen molar-refractivity contribution < 1.29 is 14.1 Å². The number of methoxy groups -OCH3 is 1. The van der Waals surface area contributed by atoms with Crippen LogP contribution in [0.25, 0.3) is 0 Å². The molecule has 0 saturated carbocycles. The monoisotopic (exact) mass is 352 g/mol. The average Bonchev–Trinajstić information content (AvgIpc) is 3.07. The highest BCUT2D eigenvalue weighted by Crippen LogP contribution is 2.17. The summed E-state index contributed by atoms with van der Waals surface area (Å²) in [6.45, 7) is 2.32. The summed E-state index contributed by atoms with van der Waals surface area (Å²) >= 11 is 0. The van der Waals surface area contributed by atoms with Gasteiger partial charge in [-0.3, -0.25) is 4.79 Å². The Bertz CT molecular complexity index is 875. The minimum Gasteiger partial charge on any atom is -0.496 e. The molecule has 134 valence electrons. The van der Waals surface area contributed by atoms with Crippen LogP contribution < -0.4 is 15.4 Å². The molecule has 0 radical (unpaired) electrons. The average molecular weight is 352 g/mol. The van der Waals surface area contributed by atoms with E-state index in [0.717, 1.165) is 11.3 Å². The van der Waals surface area contributed by atoms with Gasteiger partial charge in [-0.05, 0) is 37.1 Å². The zero-order valence-corrected chi connectivity index (χ0v) is 14.7. The van der Waals surface area contributed by atoms with Gasteiger partial charge in [0.25, 0.3) is 5.91 Å². The third-order valence-electron chi connectivity index (χ3n) is 3.78. The van der Waals surface area contributed by atoms with Crippen molar-refractivity contribution in [3.63, 3.8) is 0 Å². The highest BCUT2D eigenvalue weighted by Gasteiger charge is 2.08. The van der Waals surface area contributed by atoms with E-state index >= 15 is 0 Å². The maximum absolute atomic E-state index is 12.2. The predicted molar refractivity (Wildman–Crippen MR) is 97.8 cm³/mol. The first-order valence-electron chi connectivity index (χ1n) is 8.22. The Hall–Kier alpha value is -3.35. The van der Waals surface area contributed by atoms with Gasteiger partial charge in [0.05, 0.1) is 12.7 Å². The molecule has 3 rings (SSSR count). The molecule has 0 fully saturated rings. The van der Waals surface area contributed by atoms with E-state index in [0.29, 0.717) is 35.9 Å². The van der Waals surface area contributed by atoms with E-state index in [1.807, 2.05) is 31.2 Å². The fourth-order valence-electron chi connectivity index (χ4n) is 2.48. The first-order chi connectivity index (χ1) is 12.7. The topological polar surface area (TPSA) is 89.3 Å². The van der Waals surface area contributed by atoms with E-state index in [1.165, 1.54) is 6.20 Å². The zero-order valence-electron chi connectivity index (χ0n) is 14.7. The fraction of sp³-hybridized carbons (Fsp3) is 0.211. The van der Waals surface area contributed by atoms with Crippen LogP contribution in [0.5, 0.6) is 5.75 Å². The number of amides is 1. The summed E-state index contributed by atoms with van der Waals surface area (Å²) in [5.74, 6) is 2.52. The lowest BCUT2D eigenvalue weighted by Gasteiger charge is -2.09. The van der Waals surface area contributed by atoms with Crippen molar-refractivity contribution in [1.82, 2.24) is 15.5 Å². The molecule has 1 aromatic carbocycles. The van der Waals surface area contributed by atoms with E-state index in [9.17, 15) is 4.79 Å². The van der Waals surface area contributed by atoms with Crippen LogP contribution in [-0.2, 0) is 6.42 Å². The number of carbonyl (C=O) groups is 1. The van der Waals surface area contributed by atoms with E-state index in [2.05, 4.69) is 20.8 Å². The van der Waals surface area contributed by atoms with Gasteiger partial charge in [0.1, 0.15) is 17.3 Å². The summed E-state index contributed by atoms with van der Waals surface area (Å²) < 4.78 is 10.3. The van der Waals surface area contributed by atoms with Gasteiger partial charge in [0.2, 0.25) is 0 Å². The normalized spacial score (nSPS) is 10.4. The molecule has 2 heterocycles. The maximum Gasteiger partial charge on any atom is 0.252 e. The second-order valence-electron chi connectivity index (χ2n) is 5.70. The Labute approximate surface area is 151 Å². The lowest BCUT2D eigenvalue weighted by molar-refractivity contribution is 0.0953. The number of pyridine rings is 1. The number of benzene rings is 1. The maximum atomic E-state index is 12.2. The second kappa shape index (κ2) is 8.15. The summed E-state index contributed by atoms with van der Waals surface area (Å²) in [4.78, 5) is 16.5. The Morgan fingerprint density at radius 3 is 2.73 bits per heavy atom. The van der Waals surface area contributed by atoms with Crippen molar-refractivity contribution >= 4 is 17.5 Å². The molecular weight excluding hydrogens is 332 g/mol. The van der Waals surface area contributed by atoms with Crippen LogP contribution >= 0.6 is 0 Å². The van der Waals surface area contributed by atoms with Gasteiger partial charge in [-0.25, -0.2) is 4.98 Å². The highest BCUT2D eigenvalue weighted by molar-refractivity contribution is 5.94. The van der Waals surface area contributed by atoms with Crippen LogP contribution in [0.3, 0.4) is 0 Å². The molecule has 0 spiro atoms. The molecule has 0 unspecified atom stereocenters. The molecule has 0 saturated heterocycles. The fourth-order valence-corrected chi connectivity index (χ4v) is 2.48. The van der Waals surface area contributed by atoms with Gasteiger partial charge in [-0.2, -0.15) is 0 Å². The first kappa shape index (κ1) is 17.5. The first-order valence-corrected chi connectivity index (χ1v) is 8.22. The van der Waals surface area contributed by atoms with Crippen molar-refractivity contribution in [3.8, 4) is 5.75 Å². The summed E-state index contributed by atoms with van der Waals surface area (Å²) in [5, 5.41) is 9.73. The zero-order chi connectivity index (χ0) is 18.4. The summed E-state index contributed by atoms with van der Waals surface area (Å²) in [7, 11) is 1.64. The molecule has 0 bridgehead atoms. The molecule has 7 heteroatoms. The number of ether oxygens (including phenoxy) is 1. The molecule has 0 aliphatic carbocycles. The molecule has 7 nitrogen and oxygen atoms in total. The van der Waals surface area contributed by atoms with Crippen LogP contribution in [0.4, 0.5) is 11.6 Å². The Balaban J connectivity index is 1.53. The number of aryl methyl sites for hydroxylation is 1. The Morgan fingerprint density at radius 1 is 1.19 bits per heavy atom. The largest absolute Gasteiger partial charge is 0.496 e. The van der Waals surface area contributed by atoms with Crippen LogP contribution in [-0.4, -0.2) is 29.7 Å². The van der Waals surface area contributed by atoms with Crippen LogP contribution in [0.2, 0.25) is 0 Å². The van der Waals surface area contributed by atoms with Gasteiger partial charge in [-0.1, -0.05) is 23.4 Å². The number of nitrogens with zero attached hydrogens (tertiary/aromatic N) is 2. The number of hydrogen-bond donors (Lipinski definition) is 2. The summed E-state index contributed by atoms with van der Waals surface area (Å²) in [6, 6.07) is 13.0.